The first-order valence-corrected chi connectivity index (χ1v) is 15.8. The molecule has 1 heterocycles. The van der Waals surface area contributed by atoms with E-state index in [2.05, 4.69) is 15.4 Å². The number of amides is 4. The van der Waals surface area contributed by atoms with Crippen LogP contribution in [0.25, 0.3) is 0 Å². The number of fused-ring (bicyclic) bond motifs is 2. The molecule has 1 aromatic rings. The smallest absolute Gasteiger partial charge is 0.411 e. The average molecular weight is 598 g/mol. The highest BCUT2D eigenvalue weighted by Crippen LogP contribution is 2.47. The van der Waals surface area contributed by atoms with Crippen molar-refractivity contribution >= 4 is 39.5 Å². The Labute approximate surface area is 244 Å². The second-order valence-electron chi connectivity index (χ2n) is 11.7. The van der Waals surface area contributed by atoms with Crippen molar-refractivity contribution in [1.82, 2.24) is 14.9 Å². The Morgan fingerprint density at radius 3 is 2.67 bits per heavy atom. The Kier molecular flexibility index (Phi) is 8.28. The van der Waals surface area contributed by atoms with Gasteiger partial charge in [-0.3, -0.25) is 24.4 Å². The molecule has 5 atom stereocenters. The van der Waals surface area contributed by atoms with Crippen molar-refractivity contribution in [2.24, 2.45) is 17.8 Å². The van der Waals surface area contributed by atoms with E-state index in [4.69, 9.17) is 10.00 Å². The number of carbonyl (C=O) groups excluding carboxylic acids is 4. The van der Waals surface area contributed by atoms with E-state index in [1.165, 1.54) is 6.07 Å². The number of ether oxygens (including phenoxy) is 1. The van der Waals surface area contributed by atoms with E-state index in [0.717, 1.165) is 19.3 Å². The van der Waals surface area contributed by atoms with Gasteiger partial charge in [0.05, 0.1) is 28.7 Å². The van der Waals surface area contributed by atoms with Gasteiger partial charge in [-0.15, -0.1) is 0 Å². The van der Waals surface area contributed by atoms with Crippen molar-refractivity contribution in [3.8, 4) is 6.07 Å². The van der Waals surface area contributed by atoms with Gasteiger partial charge in [0.15, 0.2) is 0 Å². The van der Waals surface area contributed by atoms with Crippen LogP contribution in [0.1, 0.15) is 56.9 Å². The molecule has 0 unspecified atom stereocenters. The predicted octanol–water partition coefficient (Wildman–Crippen LogP) is 2.18. The van der Waals surface area contributed by atoms with Gasteiger partial charge >= 0.3 is 6.09 Å². The first-order valence-electron chi connectivity index (χ1n) is 14.3. The molecule has 0 bridgehead atoms. The molecule has 0 aromatic heterocycles. The number of hydrogen-bond donors (Lipinski definition) is 3. The summed E-state index contributed by atoms with van der Waals surface area (Å²) in [6.07, 6.45) is 5.93. The number of benzene rings is 1. The van der Waals surface area contributed by atoms with Crippen LogP contribution in [0.15, 0.2) is 36.4 Å². The number of hydrogen-bond acceptors (Lipinski definition) is 8. The fourth-order valence-electron chi connectivity index (χ4n) is 5.86. The lowest BCUT2D eigenvalue weighted by Crippen LogP contribution is -2.54. The van der Waals surface area contributed by atoms with E-state index < -0.39 is 56.7 Å². The normalized spacial score (nSPS) is 30.4. The average Bonchev–Trinajstić information content (AvgIpc) is 3.87. The Hall–Kier alpha value is -3.92. The van der Waals surface area contributed by atoms with Crippen LogP contribution >= 0.6 is 0 Å². The lowest BCUT2D eigenvalue weighted by molar-refractivity contribution is -0.140. The second kappa shape index (κ2) is 11.8. The Morgan fingerprint density at radius 1 is 1.17 bits per heavy atom. The summed E-state index contributed by atoms with van der Waals surface area (Å²) in [5, 5.41) is 13.9. The van der Waals surface area contributed by atoms with Crippen molar-refractivity contribution in [2.75, 3.05) is 18.9 Å². The zero-order valence-corrected chi connectivity index (χ0v) is 24.2. The Balaban J connectivity index is 1.34. The van der Waals surface area contributed by atoms with Crippen LogP contribution in [0, 0.1) is 29.1 Å². The van der Waals surface area contributed by atoms with Gasteiger partial charge in [0, 0.05) is 25.2 Å². The maximum atomic E-state index is 13.7. The fourth-order valence-corrected chi connectivity index (χ4v) is 7.22. The fraction of sp³-hybridized carbons (Fsp3) is 0.552. The van der Waals surface area contributed by atoms with E-state index in [1.54, 1.807) is 30.1 Å². The third-order valence-electron chi connectivity index (χ3n) is 8.51. The predicted molar refractivity (Wildman–Crippen MR) is 151 cm³/mol. The summed E-state index contributed by atoms with van der Waals surface area (Å²) < 4.78 is 32.9. The van der Waals surface area contributed by atoms with E-state index >= 15 is 0 Å². The van der Waals surface area contributed by atoms with E-state index in [9.17, 15) is 27.6 Å². The van der Waals surface area contributed by atoms with Crippen LogP contribution < -0.4 is 15.4 Å². The lowest BCUT2D eigenvalue weighted by Gasteiger charge is -2.26. The molecule has 0 spiro atoms. The molecule has 1 aromatic carbocycles. The molecule has 3 saturated carbocycles. The monoisotopic (exact) mass is 597 g/mol. The molecule has 3 N–H and O–H groups in total. The molecule has 12 nitrogen and oxygen atoms in total. The van der Waals surface area contributed by atoms with Crippen LogP contribution in [-0.2, 0) is 29.1 Å². The molecule has 3 aliphatic carbocycles. The number of nitrogens with one attached hydrogen (secondary N) is 3. The van der Waals surface area contributed by atoms with Crippen molar-refractivity contribution in [2.45, 2.75) is 68.3 Å². The van der Waals surface area contributed by atoms with Crippen molar-refractivity contribution < 1.29 is 32.3 Å². The highest BCUT2D eigenvalue weighted by molar-refractivity contribution is 7.91. The van der Waals surface area contributed by atoms with Gasteiger partial charge in [-0.2, -0.15) is 5.26 Å². The maximum absolute atomic E-state index is 13.7. The third kappa shape index (κ3) is 6.43. The van der Waals surface area contributed by atoms with Gasteiger partial charge in [0.1, 0.15) is 11.6 Å². The summed E-state index contributed by atoms with van der Waals surface area (Å²) in [5.74, 6) is -3.63. The first kappa shape index (κ1) is 29.6. The van der Waals surface area contributed by atoms with Crippen LogP contribution in [-0.4, -0.2) is 67.6 Å². The van der Waals surface area contributed by atoms with Crippen molar-refractivity contribution in [3.05, 3.63) is 42.0 Å². The summed E-state index contributed by atoms with van der Waals surface area (Å²) in [6, 6.07) is 8.31. The summed E-state index contributed by atoms with van der Waals surface area (Å²) in [4.78, 5) is 54.8. The number of anilines is 1. The van der Waals surface area contributed by atoms with Gasteiger partial charge in [-0.1, -0.05) is 18.2 Å². The Morgan fingerprint density at radius 2 is 1.93 bits per heavy atom. The molecule has 5 rings (SSSR count). The zero-order valence-electron chi connectivity index (χ0n) is 23.4. The molecule has 13 heteroatoms. The van der Waals surface area contributed by atoms with E-state index in [-0.39, 0.29) is 31.1 Å². The van der Waals surface area contributed by atoms with Gasteiger partial charge in [-0.25, -0.2) is 13.2 Å². The molecule has 42 heavy (non-hydrogen) atoms. The van der Waals surface area contributed by atoms with Crippen molar-refractivity contribution in [3.63, 3.8) is 0 Å². The molecule has 4 amide bonds. The van der Waals surface area contributed by atoms with Crippen LogP contribution in [0.5, 0.6) is 0 Å². The molecule has 224 valence electrons. The molecular weight excluding hydrogens is 562 g/mol. The second-order valence-corrected chi connectivity index (χ2v) is 13.6. The molecule has 0 radical (unpaired) electrons. The quantitative estimate of drug-likeness (QED) is 0.433. The minimum atomic E-state index is -3.83. The van der Waals surface area contributed by atoms with Crippen LogP contribution in [0.2, 0.25) is 0 Å². The van der Waals surface area contributed by atoms with Crippen molar-refractivity contribution in [1.29, 1.82) is 5.26 Å². The van der Waals surface area contributed by atoms with Crippen LogP contribution in [0.3, 0.4) is 0 Å². The first-order chi connectivity index (χ1) is 20.0. The minimum absolute atomic E-state index is 0.0559. The van der Waals surface area contributed by atoms with E-state index in [1.807, 2.05) is 18.2 Å². The highest BCUT2D eigenvalue weighted by atomic mass is 32.2. The number of carbonyl (C=O) groups is 4. The van der Waals surface area contributed by atoms with Gasteiger partial charge in [0.25, 0.3) is 5.91 Å². The molecule has 1 aliphatic heterocycles. The topological polar surface area (TPSA) is 175 Å². The molecular formula is C29H35N5O7S. The summed E-state index contributed by atoms with van der Waals surface area (Å²) in [5.41, 5.74) is -0.702. The van der Waals surface area contributed by atoms with Gasteiger partial charge < -0.3 is 15.0 Å². The van der Waals surface area contributed by atoms with Crippen LogP contribution in [0.4, 0.5) is 10.5 Å². The van der Waals surface area contributed by atoms with Gasteiger partial charge in [0.2, 0.25) is 21.8 Å². The van der Waals surface area contributed by atoms with Gasteiger partial charge in [-0.05, 0) is 69.6 Å². The molecule has 0 saturated heterocycles. The Bertz CT molecular complexity index is 1450. The summed E-state index contributed by atoms with van der Waals surface area (Å²) in [6.45, 7) is 0.507. The zero-order chi connectivity index (χ0) is 30.1. The lowest BCUT2D eigenvalue weighted by atomic mass is 9.93. The largest absolute Gasteiger partial charge is 0.446 e. The number of rotatable bonds is 5. The summed E-state index contributed by atoms with van der Waals surface area (Å²) >= 11 is 0. The SMILES string of the molecule is CN1CCCC/C=C\[C@H]2C[C@@]2(C(=O)NS(=O)(=O)C2CC2)NC(=O)[C@H]2C[C@@H](OC(=O)Nc3cccc(C#N)c3)C[C@@H]2C1=O. The number of nitrogens with zero attached hydrogens (tertiary/aromatic N) is 2. The number of sulfonamides is 1. The third-order valence-corrected chi connectivity index (χ3v) is 10.3. The maximum Gasteiger partial charge on any atom is 0.411 e. The number of allylic oxidation sites excluding steroid dienone is 1. The molecule has 4 aliphatic rings. The number of nitriles is 1. The molecule has 3 fully saturated rings. The standard InChI is InChI=1S/C29H35N5O7S/c1-34-12-5-3-2-4-8-19-16-29(19,27(37)33-42(39,40)22-10-11-22)32-25(35)23-14-21(15-24(23)26(34)36)41-28(38)31-20-9-6-7-18(13-20)17-30/h4,6-9,13,19,21-24H,2-3,5,10-12,14-16H2,1H3,(H,31,38)(H,32,35)(H,33,37)/b8-4-/t19-,21+,23-,24-,29+/m0/s1. The summed E-state index contributed by atoms with van der Waals surface area (Å²) in [7, 11) is -2.15. The minimum Gasteiger partial charge on any atom is -0.446 e. The highest BCUT2D eigenvalue weighted by Gasteiger charge is 2.62. The van der Waals surface area contributed by atoms with E-state index in [0.29, 0.717) is 30.6 Å².